The smallest absolute Gasteiger partial charge is 0.341 e. The van der Waals surface area contributed by atoms with Crippen molar-refractivity contribution >= 4 is 28.2 Å². The predicted molar refractivity (Wildman–Crippen MR) is 104 cm³/mol. The quantitative estimate of drug-likeness (QED) is 0.671. The highest BCUT2D eigenvalue weighted by Crippen LogP contribution is 2.46. The molecule has 3 aromatic rings. The van der Waals surface area contributed by atoms with E-state index >= 15 is 0 Å². The number of thiophene rings is 1. The van der Waals surface area contributed by atoms with Gasteiger partial charge in [-0.25, -0.2) is 4.79 Å². The Morgan fingerprint density at radius 3 is 2.71 bits per heavy atom. The Morgan fingerprint density at radius 1 is 1.21 bits per heavy atom. The van der Waals surface area contributed by atoms with Crippen molar-refractivity contribution in [3.8, 4) is 16.9 Å². The zero-order chi connectivity index (χ0) is 19.8. The summed E-state index contributed by atoms with van der Waals surface area (Å²) >= 11 is 1.39. The number of benzene rings is 1. The number of nitrogens with zero attached hydrogens (tertiary/aromatic N) is 1. The molecule has 0 bridgehead atoms. The van der Waals surface area contributed by atoms with E-state index in [1.165, 1.54) is 18.4 Å². The number of fused-ring (bicyclic) bond motifs is 3. The van der Waals surface area contributed by atoms with Crippen LogP contribution in [0.2, 0.25) is 0 Å². The SMILES string of the molecule is COC(=O)c1c(NC(=O)c2cc(C)on2)sc2c1-c1ccc(OC)cc1CC2. The van der Waals surface area contributed by atoms with Crippen molar-refractivity contribution < 1.29 is 23.6 Å². The zero-order valence-electron chi connectivity index (χ0n) is 15.6. The average molecular weight is 398 g/mol. The Balaban J connectivity index is 1.80. The molecule has 2 heterocycles. The lowest BCUT2D eigenvalue weighted by molar-refractivity contribution is 0.0603. The monoisotopic (exact) mass is 398 g/mol. The van der Waals surface area contributed by atoms with Crippen molar-refractivity contribution in [3.05, 3.63) is 51.7 Å². The van der Waals surface area contributed by atoms with Crippen LogP contribution in [0.4, 0.5) is 5.00 Å². The fourth-order valence-electron chi connectivity index (χ4n) is 3.36. The summed E-state index contributed by atoms with van der Waals surface area (Å²) < 4.78 is 15.3. The number of methoxy groups -OCH3 is 2. The minimum atomic E-state index is -0.493. The van der Waals surface area contributed by atoms with E-state index in [4.69, 9.17) is 14.0 Å². The molecule has 2 aromatic heterocycles. The third-order valence-electron chi connectivity index (χ3n) is 4.66. The van der Waals surface area contributed by atoms with E-state index in [9.17, 15) is 9.59 Å². The Labute approximate surface area is 165 Å². The standard InChI is InChI=1S/C20H18N2O5S/c1-10-8-14(22-27-10)18(23)21-19-17(20(24)26-3)16-13-6-5-12(25-2)9-11(13)4-7-15(16)28-19/h5-6,8-9H,4,7H2,1-3H3,(H,21,23). The fraction of sp³-hybridized carbons (Fsp3) is 0.250. The van der Waals surface area contributed by atoms with Crippen molar-refractivity contribution in [2.45, 2.75) is 19.8 Å². The van der Waals surface area contributed by atoms with Gasteiger partial charge in [-0.3, -0.25) is 4.79 Å². The summed E-state index contributed by atoms with van der Waals surface area (Å²) in [6.07, 6.45) is 1.60. The second-order valence-corrected chi connectivity index (χ2v) is 7.50. The van der Waals surface area contributed by atoms with Crippen molar-refractivity contribution in [2.75, 3.05) is 19.5 Å². The van der Waals surface area contributed by atoms with Gasteiger partial charge in [-0.2, -0.15) is 0 Å². The Morgan fingerprint density at radius 2 is 2.04 bits per heavy atom. The normalized spacial score (nSPS) is 12.1. The molecule has 7 nitrogen and oxygen atoms in total. The predicted octanol–water partition coefficient (Wildman–Crippen LogP) is 3.86. The number of nitrogens with one attached hydrogen (secondary N) is 1. The minimum Gasteiger partial charge on any atom is -0.497 e. The van der Waals surface area contributed by atoms with Crippen LogP contribution in [-0.4, -0.2) is 31.3 Å². The van der Waals surface area contributed by atoms with Crippen LogP contribution in [0.5, 0.6) is 5.75 Å². The molecule has 0 fully saturated rings. The van der Waals surface area contributed by atoms with Gasteiger partial charge in [0.1, 0.15) is 22.1 Å². The molecule has 144 valence electrons. The van der Waals surface area contributed by atoms with Crippen LogP contribution in [-0.2, 0) is 17.6 Å². The molecule has 0 aliphatic heterocycles. The summed E-state index contributed by atoms with van der Waals surface area (Å²) in [6, 6.07) is 7.33. The molecule has 0 atom stereocenters. The minimum absolute atomic E-state index is 0.157. The first-order valence-corrected chi connectivity index (χ1v) is 9.49. The summed E-state index contributed by atoms with van der Waals surface area (Å²) in [7, 11) is 2.95. The Kier molecular flexibility index (Phi) is 4.64. The first kappa shape index (κ1) is 18.2. The molecule has 0 saturated carbocycles. The molecule has 8 heteroatoms. The number of hydrogen-bond acceptors (Lipinski definition) is 7. The van der Waals surface area contributed by atoms with Gasteiger partial charge < -0.3 is 19.3 Å². The van der Waals surface area contributed by atoms with Crippen molar-refractivity contribution in [1.29, 1.82) is 0 Å². The van der Waals surface area contributed by atoms with Crippen LogP contribution < -0.4 is 10.1 Å². The summed E-state index contributed by atoms with van der Waals surface area (Å²) in [5.74, 6) is 0.377. The van der Waals surface area contributed by atoms with Gasteiger partial charge >= 0.3 is 5.97 Å². The molecule has 1 aromatic carbocycles. The number of aryl methyl sites for hydroxylation is 3. The molecule has 1 aliphatic rings. The summed E-state index contributed by atoms with van der Waals surface area (Å²) in [6.45, 7) is 1.71. The highest BCUT2D eigenvalue weighted by Gasteiger charge is 2.30. The molecule has 0 radical (unpaired) electrons. The van der Waals surface area contributed by atoms with Gasteiger partial charge in [-0.1, -0.05) is 11.2 Å². The van der Waals surface area contributed by atoms with E-state index in [0.717, 1.165) is 40.2 Å². The highest BCUT2D eigenvalue weighted by molar-refractivity contribution is 7.17. The van der Waals surface area contributed by atoms with Crippen LogP contribution in [0.1, 0.15) is 37.0 Å². The van der Waals surface area contributed by atoms with Gasteiger partial charge in [0.2, 0.25) is 0 Å². The lowest BCUT2D eigenvalue weighted by atomic mass is 9.88. The van der Waals surface area contributed by atoms with E-state index in [-0.39, 0.29) is 5.69 Å². The van der Waals surface area contributed by atoms with Gasteiger partial charge in [0.15, 0.2) is 5.69 Å². The van der Waals surface area contributed by atoms with E-state index in [2.05, 4.69) is 10.5 Å². The second-order valence-electron chi connectivity index (χ2n) is 6.40. The molecule has 28 heavy (non-hydrogen) atoms. The number of esters is 1. The molecular weight excluding hydrogens is 380 g/mol. The van der Waals surface area contributed by atoms with Crippen LogP contribution in [0.15, 0.2) is 28.8 Å². The summed E-state index contributed by atoms with van der Waals surface area (Å²) in [5, 5.41) is 6.98. The number of ether oxygens (including phenoxy) is 2. The molecular formula is C20H18N2O5S. The lowest BCUT2D eigenvalue weighted by Crippen LogP contribution is -2.14. The van der Waals surface area contributed by atoms with Gasteiger partial charge in [0, 0.05) is 16.5 Å². The molecule has 1 amide bonds. The number of anilines is 1. The Hall–Kier alpha value is -3.13. The number of hydrogen-bond donors (Lipinski definition) is 1. The third kappa shape index (κ3) is 3.05. The number of amides is 1. The first-order chi connectivity index (χ1) is 13.5. The van der Waals surface area contributed by atoms with Crippen LogP contribution in [0, 0.1) is 6.92 Å². The number of carbonyl (C=O) groups is 2. The van der Waals surface area contributed by atoms with Gasteiger partial charge in [0.25, 0.3) is 5.91 Å². The lowest BCUT2D eigenvalue weighted by Gasteiger charge is -2.18. The molecule has 0 unspecified atom stereocenters. The topological polar surface area (TPSA) is 90.7 Å². The third-order valence-corrected chi connectivity index (χ3v) is 5.83. The molecule has 0 saturated heterocycles. The average Bonchev–Trinajstić information content (AvgIpc) is 3.30. The van der Waals surface area contributed by atoms with E-state index < -0.39 is 11.9 Å². The number of aromatic nitrogens is 1. The van der Waals surface area contributed by atoms with E-state index in [1.54, 1.807) is 20.1 Å². The van der Waals surface area contributed by atoms with Gasteiger partial charge in [-0.15, -0.1) is 11.3 Å². The number of carbonyl (C=O) groups excluding carboxylic acids is 2. The number of rotatable bonds is 4. The molecule has 4 rings (SSSR count). The maximum absolute atomic E-state index is 12.6. The first-order valence-electron chi connectivity index (χ1n) is 8.67. The van der Waals surface area contributed by atoms with Crippen LogP contribution >= 0.6 is 11.3 Å². The van der Waals surface area contributed by atoms with Crippen LogP contribution in [0.3, 0.4) is 0 Å². The van der Waals surface area contributed by atoms with E-state index in [0.29, 0.717) is 16.3 Å². The summed E-state index contributed by atoms with van der Waals surface area (Å²) in [4.78, 5) is 26.2. The Bertz CT molecular complexity index is 1080. The van der Waals surface area contributed by atoms with Crippen molar-refractivity contribution in [2.24, 2.45) is 0 Å². The van der Waals surface area contributed by atoms with Gasteiger partial charge in [-0.05, 0) is 43.0 Å². The van der Waals surface area contributed by atoms with E-state index in [1.807, 2.05) is 18.2 Å². The molecule has 0 spiro atoms. The zero-order valence-corrected chi connectivity index (χ0v) is 16.4. The highest BCUT2D eigenvalue weighted by atomic mass is 32.1. The second kappa shape index (κ2) is 7.12. The van der Waals surface area contributed by atoms with Crippen molar-refractivity contribution in [1.82, 2.24) is 5.16 Å². The maximum atomic E-state index is 12.6. The van der Waals surface area contributed by atoms with Crippen LogP contribution in [0.25, 0.3) is 11.1 Å². The molecule has 1 N–H and O–H groups in total. The largest absolute Gasteiger partial charge is 0.497 e. The maximum Gasteiger partial charge on any atom is 0.341 e. The summed E-state index contributed by atoms with van der Waals surface area (Å²) in [5.41, 5.74) is 3.38. The van der Waals surface area contributed by atoms with Gasteiger partial charge in [0.05, 0.1) is 14.2 Å². The molecule has 1 aliphatic carbocycles. The fourth-order valence-corrected chi connectivity index (χ4v) is 4.56. The van der Waals surface area contributed by atoms with Crippen molar-refractivity contribution in [3.63, 3.8) is 0 Å².